The normalized spacial score (nSPS) is 11.6. The lowest BCUT2D eigenvalue weighted by atomic mass is 9.97. The molecule has 0 unspecified atom stereocenters. The first-order chi connectivity index (χ1) is 32.0. The molecule has 0 atom stereocenters. The highest BCUT2D eigenvalue weighted by Gasteiger charge is 2.24. The summed E-state index contributed by atoms with van der Waals surface area (Å²) in [7, 11) is 0. The molecule has 4 nitrogen and oxygen atoms in total. The molecule has 308 valence electrons. The summed E-state index contributed by atoms with van der Waals surface area (Å²) >= 11 is 0. The van der Waals surface area contributed by atoms with Crippen molar-refractivity contribution in [3.63, 3.8) is 0 Å². The van der Waals surface area contributed by atoms with E-state index in [1.807, 2.05) is 85.8 Å². The molecule has 12 rings (SSSR count). The van der Waals surface area contributed by atoms with Crippen molar-refractivity contribution in [2.75, 3.05) is 0 Å². The quantitative estimate of drug-likeness (QED) is 0.160. The molecule has 4 aromatic heterocycles. The van der Waals surface area contributed by atoms with Gasteiger partial charge in [0.15, 0.2) is 0 Å². The van der Waals surface area contributed by atoms with Gasteiger partial charge in [-0.1, -0.05) is 140 Å². The van der Waals surface area contributed by atoms with E-state index in [4.69, 9.17) is 9.97 Å². The molecule has 0 saturated heterocycles. The highest BCUT2D eigenvalue weighted by Crippen LogP contribution is 2.43. The number of aryl methyl sites for hydroxylation is 1. The molecule has 0 aliphatic heterocycles. The maximum atomic E-state index is 16.0. The third-order valence-corrected chi connectivity index (χ3v) is 12.6. The van der Waals surface area contributed by atoms with Crippen LogP contribution in [-0.4, -0.2) is 19.1 Å². The van der Waals surface area contributed by atoms with Gasteiger partial charge in [0.25, 0.3) is 0 Å². The van der Waals surface area contributed by atoms with Crippen LogP contribution in [0.15, 0.2) is 212 Å². The predicted molar refractivity (Wildman–Crippen MR) is 263 cm³/mol. The van der Waals surface area contributed by atoms with Crippen molar-refractivity contribution in [1.29, 1.82) is 0 Å². The molecular formula is C59H38F2N4. The Morgan fingerprint density at radius 1 is 0.338 bits per heavy atom. The zero-order valence-electron chi connectivity index (χ0n) is 35.3. The molecule has 0 N–H and O–H groups in total. The van der Waals surface area contributed by atoms with Gasteiger partial charge < -0.3 is 9.13 Å². The summed E-state index contributed by atoms with van der Waals surface area (Å²) in [5.74, 6) is -1.24. The number of pyridine rings is 2. The first kappa shape index (κ1) is 38.2. The van der Waals surface area contributed by atoms with Crippen LogP contribution in [0.3, 0.4) is 0 Å². The smallest absolute Gasteiger partial charge is 0.133 e. The monoisotopic (exact) mass is 840 g/mol. The van der Waals surface area contributed by atoms with Gasteiger partial charge in [0, 0.05) is 43.8 Å². The number of rotatable bonds is 7. The van der Waals surface area contributed by atoms with Crippen molar-refractivity contribution in [2.24, 2.45) is 0 Å². The van der Waals surface area contributed by atoms with Crippen molar-refractivity contribution < 1.29 is 8.78 Å². The molecule has 8 aromatic carbocycles. The SMILES string of the molecule is Cc1cc(-n2c3ccccc3c3ccc(-c4cccc(-c5ccccc5)n4)cc32)c(-n2c3ccccc3c3ccc(-c4cccc(-c5ccccc5)n4)cc32)cc1-c1c(F)cccc1F. The molecule has 0 amide bonds. The Morgan fingerprint density at radius 3 is 1.23 bits per heavy atom. The van der Waals surface area contributed by atoms with Gasteiger partial charge >= 0.3 is 0 Å². The molecule has 0 aliphatic carbocycles. The molecular weight excluding hydrogens is 803 g/mol. The second kappa shape index (κ2) is 15.4. The van der Waals surface area contributed by atoms with E-state index in [0.29, 0.717) is 5.56 Å². The van der Waals surface area contributed by atoms with E-state index < -0.39 is 11.6 Å². The van der Waals surface area contributed by atoms with Gasteiger partial charge in [0.1, 0.15) is 11.6 Å². The van der Waals surface area contributed by atoms with E-state index in [1.165, 1.54) is 18.2 Å². The van der Waals surface area contributed by atoms with Gasteiger partial charge in [-0.2, -0.15) is 0 Å². The second-order valence-electron chi connectivity index (χ2n) is 16.5. The van der Waals surface area contributed by atoms with Crippen molar-refractivity contribution in [2.45, 2.75) is 6.92 Å². The Kier molecular flexibility index (Phi) is 9.05. The van der Waals surface area contributed by atoms with E-state index in [9.17, 15) is 0 Å². The molecule has 0 fully saturated rings. The summed E-state index contributed by atoms with van der Waals surface area (Å²) in [4.78, 5) is 10.3. The summed E-state index contributed by atoms with van der Waals surface area (Å²) < 4.78 is 36.5. The first-order valence-corrected chi connectivity index (χ1v) is 21.7. The number of halogens is 2. The highest BCUT2D eigenvalue weighted by atomic mass is 19.1. The summed E-state index contributed by atoms with van der Waals surface area (Å²) in [6.45, 7) is 1.93. The Labute approximate surface area is 374 Å². The lowest BCUT2D eigenvalue weighted by molar-refractivity contribution is 0.589. The number of fused-ring (bicyclic) bond motifs is 6. The van der Waals surface area contributed by atoms with E-state index in [0.717, 1.165) is 106 Å². The molecule has 6 heteroatoms. The predicted octanol–water partition coefficient (Wildman–Crippen LogP) is 15.6. The largest absolute Gasteiger partial charge is 0.307 e. The second-order valence-corrected chi connectivity index (χ2v) is 16.5. The minimum Gasteiger partial charge on any atom is -0.307 e. The summed E-state index contributed by atoms with van der Waals surface area (Å²) in [6.07, 6.45) is 0. The van der Waals surface area contributed by atoms with Crippen LogP contribution in [0.4, 0.5) is 8.78 Å². The number of hydrogen-bond donors (Lipinski definition) is 0. The fourth-order valence-electron chi connectivity index (χ4n) is 9.57. The number of para-hydroxylation sites is 2. The summed E-state index contributed by atoms with van der Waals surface area (Å²) in [5, 5.41) is 4.26. The van der Waals surface area contributed by atoms with E-state index in [-0.39, 0.29) is 5.56 Å². The van der Waals surface area contributed by atoms with Gasteiger partial charge in [-0.05, 0) is 90.8 Å². The molecule has 0 saturated carbocycles. The molecule has 0 radical (unpaired) electrons. The van der Waals surface area contributed by atoms with Crippen LogP contribution < -0.4 is 0 Å². The van der Waals surface area contributed by atoms with Gasteiger partial charge in [-0.25, -0.2) is 18.7 Å². The number of benzene rings is 8. The maximum Gasteiger partial charge on any atom is 0.133 e. The molecule has 0 spiro atoms. The lowest BCUT2D eigenvalue weighted by Crippen LogP contribution is -2.06. The highest BCUT2D eigenvalue weighted by molar-refractivity contribution is 6.12. The maximum absolute atomic E-state index is 16.0. The average Bonchev–Trinajstić information content (AvgIpc) is 3.87. The van der Waals surface area contributed by atoms with Crippen LogP contribution >= 0.6 is 0 Å². The van der Waals surface area contributed by atoms with Crippen LogP contribution in [0.25, 0.3) is 111 Å². The Morgan fingerprint density at radius 2 is 0.738 bits per heavy atom. The molecule has 65 heavy (non-hydrogen) atoms. The van der Waals surface area contributed by atoms with Crippen molar-refractivity contribution in [3.8, 4) is 67.5 Å². The van der Waals surface area contributed by atoms with Crippen LogP contribution in [-0.2, 0) is 0 Å². The van der Waals surface area contributed by atoms with Gasteiger partial charge in [0.05, 0.1) is 61.8 Å². The lowest BCUT2D eigenvalue weighted by Gasteiger charge is -2.21. The van der Waals surface area contributed by atoms with Crippen molar-refractivity contribution >= 4 is 43.6 Å². The summed E-state index contributed by atoms with van der Waals surface area (Å²) in [6, 6.07) is 70.5. The minimum absolute atomic E-state index is 0.0601. The van der Waals surface area contributed by atoms with Crippen LogP contribution in [0.2, 0.25) is 0 Å². The Bertz CT molecular complexity index is 3790. The van der Waals surface area contributed by atoms with Gasteiger partial charge in [-0.3, -0.25) is 0 Å². The third-order valence-electron chi connectivity index (χ3n) is 12.6. The van der Waals surface area contributed by atoms with Gasteiger partial charge in [0.2, 0.25) is 0 Å². The zero-order valence-corrected chi connectivity index (χ0v) is 35.3. The molecule has 0 aliphatic rings. The van der Waals surface area contributed by atoms with Crippen molar-refractivity contribution in [3.05, 3.63) is 230 Å². The van der Waals surface area contributed by atoms with Gasteiger partial charge in [-0.15, -0.1) is 0 Å². The Balaban J connectivity index is 1.15. The molecule has 4 heterocycles. The minimum atomic E-state index is -0.618. The van der Waals surface area contributed by atoms with Crippen molar-refractivity contribution in [1.82, 2.24) is 19.1 Å². The fourth-order valence-corrected chi connectivity index (χ4v) is 9.57. The molecule has 0 bridgehead atoms. The topological polar surface area (TPSA) is 35.6 Å². The standard InChI is InChI=1S/C59H38F2N4/c1-37-33-57(64-53-27-10-8-19-42(53)44-31-29-40(34-55(44)64)51-25-13-23-49(62-51)38-15-4-2-5-16-38)58(36-46(37)59-47(60)21-12-22-48(59)61)65-54-28-11-9-20-43(54)45-32-30-41(35-56(45)65)52-26-14-24-50(63-52)39-17-6-3-7-18-39/h2-36H,1H3. The average molecular weight is 841 g/mol. The third kappa shape index (κ3) is 6.41. The van der Waals surface area contributed by atoms with Crippen LogP contribution in [0, 0.1) is 18.6 Å². The van der Waals surface area contributed by atoms with Crippen LogP contribution in [0.1, 0.15) is 5.56 Å². The van der Waals surface area contributed by atoms with Crippen LogP contribution in [0.5, 0.6) is 0 Å². The summed E-state index contributed by atoms with van der Waals surface area (Å²) in [5.41, 5.74) is 14.1. The van der Waals surface area contributed by atoms with E-state index in [1.54, 1.807) is 0 Å². The molecule has 12 aromatic rings. The number of nitrogens with zero attached hydrogens (tertiary/aromatic N) is 4. The van der Waals surface area contributed by atoms with E-state index >= 15 is 8.78 Å². The van der Waals surface area contributed by atoms with E-state index in [2.05, 4.69) is 124 Å². The number of hydrogen-bond acceptors (Lipinski definition) is 2. The fraction of sp³-hybridized carbons (Fsp3) is 0.0169. The Hall–Kier alpha value is -8.48. The first-order valence-electron chi connectivity index (χ1n) is 21.7. The zero-order chi connectivity index (χ0) is 43.6. The number of aromatic nitrogens is 4.